The zero-order chi connectivity index (χ0) is 13.5. The van der Waals surface area contributed by atoms with Crippen LogP contribution in [0.15, 0.2) is 16.6 Å². The van der Waals surface area contributed by atoms with Crippen molar-refractivity contribution in [2.45, 2.75) is 19.6 Å². The molecule has 0 saturated carbocycles. The molecule has 0 aromatic heterocycles. The molecule has 1 aromatic carbocycles. The van der Waals surface area contributed by atoms with Crippen LogP contribution in [0, 0.1) is 0 Å². The Morgan fingerprint density at radius 2 is 2.11 bits per heavy atom. The lowest BCUT2D eigenvalue weighted by Crippen LogP contribution is -2.21. The highest BCUT2D eigenvalue weighted by molar-refractivity contribution is 9.10. The molecule has 0 spiro atoms. The molecule has 0 aliphatic heterocycles. The minimum absolute atomic E-state index is 0.00283. The first-order valence-electron chi connectivity index (χ1n) is 5.69. The van der Waals surface area contributed by atoms with E-state index < -0.39 is 6.10 Å². The fraction of sp³-hybridized carbons (Fsp3) is 0.500. The summed E-state index contributed by atoms with van der Waals surface area (Å²) in [5.74, 6) is 1.07. The van der Waals surface area contributed by atoms with E-state index in [9.17, 15) is 5.11 Å². The summed E-state index contributed by atoms with van der Waals surface area (Å²) in [5.41, 5.74) is 6.50. The molecule has 0 saturated heterocycles. The van der Waals surface area contributed by atoms with E-state index >= 15 is 0 Å². The van der Waals surface area contributed by atoms with Gasteiger partial charge in [0.2, 0.25) is 0 Å². The maximum Gasteiger partial charge on any atom is 0.175 e. The second kappa shape index (κ2) is 7.58. The van der Waals surface area contributed by atoms with Crippen molar-refractivity contribution in [3.8, 4) is 11.5 Å². The number of benzene rings is 1. The zero-order valence-electron chi connectivity index (χ0n) is 10.2. The zero-order valence-corrected chi connectivity index (χ0v) is 11.8. The summed E-state index contributed by atoms with van der Waals surface area (Å²) < 4.78 is 11.6. The largest absolute Gasteiger partial charge is 0.490 e. The predicted octanol–water partition coefficient (Wildman–Crippen LogP) is 1.04. The summed E-state index contributed by atoms with van der Waals surface area (Å²) in [6.45, 7) is 2.42. The quantitative estimate of drug-likeness (QED) is 0.699. The number of aliphatic hydroxyl groups excluding tert-OH is 2. The van der Waals surface area contributed by atoms with Crippen molar-refractivity contribution in [2.24, 2.45) is 5.73 Å². The topological polar surface area (TPSA) is 84.9 Å². The summed E-state index contributed by atoms with van der Waals surface area (Å²) >= 11 is 3.38. The van der Waals surface area contributed by atoms with Gasteiger partial charge in [0.15, 0.2) is 11.5 Å². The number of ether oxygens (including phenoxy) is 2. The normalized spacial score (nSPS) is 12.3. The van der Waals surface area contributed by atoms with Gasteiger partial charge in [0.25, 0.3) is 0 Å². The van der Waals surface area contributed by atoms with Crippen molar-refractivity contribution in [3.63, 3.8) is 0 Å². The Balaban J connectivity index is 2.92. The monoisotopic (exact) mass is 319 g/mol. The van der Waals surface area contributed by atoms with Gasteiger partial charge in [-0.05, 0) is 40.5 Å². The number of nitrogens with two attached hydrogens (primary N) is 1. The van der Waals surface area contributed by atoms with Crippen LogP contribution in [0.3, 0.4) is 0 Å². The first-order valence-corrected chi connectivity index (χ1v) is 6.48. The van der Waals surface area contributed by atoms with Gasteiger partial charge in [-0.1, -0.05) is 0 Å². The van der Waals surface area contributed by atoms with Crippen LogP contribution in [0.4, 0.5) is 0 Å². The van der Waals surface area contributed by atoms with E-state index in [0.717, 1.165) is 5.56 Å². The number of halogens is 1. The third-order valence-electron chi connectivity index (χ3n) is 2.24. The molecule has 1 atom stereocenters. The van der Waals surface area contributed by atoms with Crippen molar-refractivity contribution in [3.05, 3.63) is 22.2 Å². The highest BCUT2D eigenvalue weighted by atomic mass is 79.9. The third-order valence-corrected chi connectivity index (χ3v) is 2.82. The van der Waals surface area contributed by atoms with E-state index in [1.54, 1.807) is 6.07 Å². The Labute approximate surface area is 115 Å². The van der Waals surface area contributed by atoms with E-state index in [2.05, 4.69) is 15.9 Å². The van der Waals surface area contributed by atoms with Crippen LogP contribution in [0.1, 0.15) is 12.5 Å². The molecule has 6 heteroatoms. The predicted molar refractivity (Wildman–Crippen MR) is 71.8 cm³/mol. The molecule has 1 aromatic rings. The number of hydrogen-bond donors (Lipinski definition) is 3. The lowest BCUT2D eigenvalue weighted by atomic mass is 10.2. The molecule has 1 rings (SSSR count). The molecule has 0 aliphatic carbocycles. The molecule has 0 radical (unpaired) electrons. The standard InChI is InChI=1S/C12H18BrNO4/c1-2-17-11-4-8(5-14)3-10(13)12(11)18-7-9(16)6-15/h3-4,9,15-16H,2,5-7,14H2,1H3. The van der Waals surface area contributed by atoms with E-state index in [-0.39, 0.29) is 13.2 Å². The minimum atomic E-state index is -0.916. The van der Waals surface area contributed by atoms with Crippen LogP contribution in [-0.4, -0.2) is 36.1 Å². The molecule has 0 aliphatic rings. The Kier molecular flexibility index (Phi) is 6.42. The SMILES string of the molecule is CCOc1cc(CN)cc(Br)c1OCC(O)CO. The highest BCUT2D eigenvalue weighted by Crippen LogP contribution is 2.36. The van der Waals surface area contributed by atoms with Gasteiger partial charge < -0.3 is 25.4 Å². The fourth-order valence-electron chi connectivity index (χ4n) is 1.37. The fourth-order valence-corrected chi connectivity index (χ4v) is 1.98. The van der Waals surface area contributed by atoms with E-state index in [1.807, 2.05) is 13.0 Å². The third kappa shape index (κ3) is 4.13. The van der Waals surface area contributed by atoms with Crippen molar-refractivity contribution >= 4 is 15.9 Å². The van der Waals surface area contributed by atoms with Gasteiger partial charge in [0.1, 0.15) is 12.7 Å². The van der Waals surface area contributed by atoms with Gasteiger partial charge in [-0.3, -0.25) is 0 Å². The second-order valence-electron chi connectivity index (χ2n) is 3.69. The molecular weight excluding hydrogens is 302 g/mol. The van der Waals surface area contributed by atoms with Crippen molar-refractivity contribution in [1.29, 1.82) is 0 Å². The van der Waals surface area contributed by atoms with Crippen LogP contribution in [0.5, 0.6) is 11.5 Å². The summed E-state index contributed by atoms with van der Waals surface area (Å²) in [5, 5.41) is 18.0. The lowest BCUT2D eigenvalue weighted by molar-refractivity contribution is 0.0522. The van der Waals surface area contributed by atoms with Gasteiger partial charge in [-0.25, -0.2) is 0 Å². The summed E-state index contributed by atoms with van der Waals surface area (Å²) in [6, 6.07) is 3.64. The molecule has 0 bridgehead atoms. The van der Waals surface area contributed by atoms with Crippen LogP contribution in [-0.2, 0) is 6.54 Å². The van der Waals surface area contributed by atoms with Gasteiger partial charge >= 0.3 is 0 Å². The number of hydrogen-bond acceptors (Lipinski definition) is 5. The highest BCUT2D eigenvalue weighted by Gasteiger charge is 2.13. The van der Waals surface area contributed by atoms with Gasteiger partial charge in [-0.15, -0.1) is 0 Å². The molecule has 102 valence electrons. The van der Waals surface area contributed by atoms with Gasteiger partial charge in [-0.2, -0.15) is 0 Å². The molecule has 1 unspecified atom stereocenters. The first-order chi connectivity index (χ1) is 8.62. The van der Waals surface area contributed by atoms with Crippen LogP contribution in [0.25, 0.3) is 0 Å². The Morgan fingerprint density at radius 3 is 2.67 bits per heavy atom. The summed E-state index contributed by atoms with van der Waals surface area (Å²) in [7, 11) is 0. The van der Waals surface area contributed by atoms with E-state index in [0.29, 0.717) is 29.1 Å². The minimum Gasteiger partial charge on any atom is -0.490 e. The molecule has 4 N–H and O–H groups in total. The van der Waals surface area contributed by atoms with Crippen molar-refractivity contribution < 1.29 is 19.7 Å². The van der Waals surface area contributed by atoms with E-state index in [1.165, 1.54) is 0 Å². The van der Waals surface area contributed by atoms with Gasteiger partial charge in [0, 0.05) is 6.54 Å². The molecule has 0 heterocycles. The maximum absolute atomic E-state index is 9.28. The van der Waals surface area contributed by atoms with Crippen molar-refractivity contribution in [1.82, 2.24) is 0 Å². The average Bonchev–Trinajstić information content (AvgIpc) is 2.37. The molecule has 5 nitrogen and oxygen atoms in total. The van der Waals surface area contributed by atoms with Crippen LogP contribution in [0.2, 0.25) is 0 Å². The number of aliphatic hydroxyl groups is 2. The number of rotatable bonds is 7. The summed E-state index contributed by atoms with van der Waals surface area (Å²) in [6.07, 6.45) is -0.916. The van der Waals surface area contributed by atoms with Crippen molar-refractivity contribution in [2.75, 3.05) is 19.8 Å². The maximum atomic E-state index is 9.28. The van der Waals surface area contributed by atoms with E-state index in [4.69, 9.17) is 20.3 Å². The molecule has 0 amide bonds. The van der Waals surface area contributed by atoms with Crippen LogP contribution >= 0.6 is 15.9 Å². The van der Waals surface area contributed by atoms with Gasteiger partial charge in [0.05, 0.1) is 17.7 Å². The average molecular weight is 320 g/mol. The Hall–Kier alpha value is -0.820. The molecular formula is C12H18BrNO4. The Morgan fingerprint density at radius 1 is 1.39 bits per heavy atom. The smallest absolute Gasteiger partial charge is 0.175 e. The summed E-state index contributed by atoms with van der Waals surface area (Å²) in [4.78, 5) is 0. The lowest BCUT2D eigenvalue weighted by Gasteiger charge is -2.16. The second-order valence-corrected chi connectivity index (χ2v) is 4.54. The Bertz CT molecular complexity index is 387. The molecule has 18 heavy (non-hydrogen) atoms. The molecule has 0 fully saturated rings. The first kappa shape index (κ1) is 15.2. The van der Waals surface area contributed by atoms with Crippen LogP contribution < -0.4 is 15.2 Å².